The Kier molecular flexibility index (Phi) is 30.2. The van der Waals surface area contributed by atoms with E-state index in [0.717, 1.165) is 78.3 Å². The molecule has 2 spiro atoms. The molecule has 33 heteroatoms. The van der Waals surface area contributed by atoms with Crippen molar-refractivity contribution in [3.8, 4) is 92.6 Å². The number of benzene rings is 6. The number of nitrogens with one attached hydrogen (secondary N) is 2. The van der Waals surface area contributed by atoms with Gasteiger partial charge in [-0.25, -0.2) is 9.59 Å². The third-order valence-corrected chi connectivity index (χ3v) is 31.0. The van der Waals surface area contributed by atoms with Gasteiger partial charge in [0.25, 0.3) is 0 Å². The van der Waals surface area contributed by atoms with E-state index in [1.807, 2.05) is 53.9 Å². The fourth-order valence-corrected chi connectivity index (χ4v) is 25.7. The Morgan fingerprint density at radius 2 is 0.924 bits per heavy atom. The van der Waals surface area contributed by atoms with E-state index in [1.54, 1.807) is 24.3 Å². The van der Waals surface area contributed by atoms with Crippen LogP contribution in [0.1, 0.15) is 251 Å². The Bertz CT molecular complexity index is 5560. The number of unbranched alkanes of at least 4 members (excludes halogenated alkanes) is 8. The van der Waals surface area contributed by atoms with Crippen molar-refractivity contribution in [2.75, 3.05) is 93.9 Å². The van der Waals surface area contributed by atoms with Gasteiger partial charge in [-0.2, -0.15) is 10.5 Å². The number of piperazine rings is 2. The van der Waals surface area contributed by atoms with Crippen molar-refractivity contribution in [3.63, 3.8) is 0 Å². The zero-order valence-corrected chi connectivity index (χ0v) is 77.0. The number of rotatable bonds is 19. The van der Waals surface area contributed by atoms with Gasteiger partial charge < -0.3 is 82.0 Å². The summed E-state index contributed by atoms with van der Waals surface area (Å²) in [4.78, 5) is 87.7. The van der Waals surface area contributed by atoms with E-state index in [-0.39, 0.29) is 108 Å². The van der Waals surface area contributed by atoms with Gasteiger partial charge in [-0.05, 0) is 149 Å². The number of carbonyl (C=O) groups is 6. The molecule has 6 aromatic rings. The lowest BCUT2D eigenvalue weighted by Gasteiger charge is -2.62. The van der Waals surface area contributed by atoms with E-state index in [2.05, 4.69) is 56.2 Å². The second kappa shape index (κ2) is 40.3. The number of methoxy groups -OCH3 is 4. The van der Waals surface area contributed by atoms with Gasteiger partial charge in [0, 0.05) is 120 Å². The van der Waals surface area contributed by atoms with Crippen molar-refractivity contribution in [2.45, 2.75) is 262 Å². The molecule has 0 radical (unpaired) electrons. The number of thioether (sulfide) groups is 2. The predicted molar refractivity (Wildman–Crippen MR) is 494 cm³/mol. The third-order valence-electron chi connectivity index (χ3n) is 28.1. The summed E-state index contributed by atoms with van der Waals surface area (Å²) in [5.41, 5.74) is 8.76. The summed E-state index contributed by atoms with van der Waals surface area (Å²) in [6.45, 7) is 14.8. The Labute approximate surface area is 780 Å². The SMILES string of the molecule is C.C.C.CCCCCCCC(=O)O.CCCCCCCC(=O)Oc1cc2c(cc1OC)[C@@]1(CS[C@@H]3c4c(OC(C)=O)c(C)c5c(c4[C@H](COC1=O)N1C3[C@H]3c4c(cc(C)c(OC)c4O)C[C@@H]([C@@H]1C#N)N3C)OCO5)NCC2.COc1cc2c(cc1O)CCN[C@]21CS[C@@H]2c3c(OC(C)=O)c(C)c4c(c3[C@H](COC1=O)N1C2[C@H]2c3c(cc(C)c(OC)c3O)C[C@@H]([C@@H]1C#N)N2C)OCO4. The zero-order chi connectivity index (χ0) is 91.7. The van der Waals surface area contributed by atoms with Gasteiger partial charge in [0.15, 0.2) is 80.1 Å². The number of esters is 5. The van der Waals surface area contributed by atoms with Gasteiger partial charge in [0.2, 0.25) is 13.6 Å². The number of phenolic OH excluding ortho intramolecular Hbond substituents is 3. The molecule has 20 rings (SSSR count). The molecule has 14 heterocycles. The number of carboxylic acid groups (broad SMARTS) is 1. The fraction of sp³-hybridized carbons (Fsp3) is 0.556. The van der Waals surface area contributed by atoms with Crippen LogP contribution in [0.25, 0.3) is 0 Å². The van der Waals surface area contributed by atoms with Crippen LogP contribution in [0.3, 0.4) is 0 Å². The minimum absolute atomic E-state index is 0. The van der Waals surface area contributed by atoms with Crippen LogP contribution in [0, 0.1) is 50.4 Å². The number of nitrogens with zero attached hydrogens (tertiary/aromatic N) is 6. The molecule has 14 aliphatic rings. The zero-order valence-electron chi connectivity index (χ0n) is 75.4. The van der Waals surface area contributed by atoms with Crippen LogP contribution >= 0.6 is 23.5 Å². The number of ether oxygens (including phenoxy) is 13. The number of carbonyl (C=O) groups excluding carboxylic acids is 5. The van der Waals surface area contributed by atoms with Gasteiger partial charge in [0.05, 0.1) is 75.2 Å². The van der Waals surface area contributed by atoms with E-state index < -0.39 is 99.8 Å². The number of aliphatic carboxylic acids is 1. The Balaban J connectivity index is 0.000000201. The molecule has 132 heavy (non-hydrogen) atoms. The molecule has 8 bridgehead atoms. The second-order valence-electron chi connectivity index (χ2n) is 35.4. The molecule has 0 aliphatic carbocycles. The second-order valence-corrected chi connectivity index (χ2v) is 37.6. The molecule has 4 saturated heterocycles. The lowest BCUT2D eigenvalue weighted by Crippen LogP contribution is -2.69. The maximum absolute atomic E-state index is 15.1. The first-order valence-electron chi connectivity index (χ1n) is 44.6. The summed E-state index contributed by atoms with van der Waals surface area (Å²) >= 11 is 2.96. The fourth-order valence-electron chi connectivity index (χ4n) is 22.4. The van der Waals surface area contributed by atoms with Crippen LogP contribution in [0.4, 0.5) is 0 Å². The molecule has 14 atom stereocenters. The Morgan fingerprint density at radius 1 is 0.508 bits per heavy atom. The summed E-state index contributed by atoms with van der Waals surface area (Å²) < 4.78 is 78.7. The van der Waals surface area contributed by atoms with Gasteiger partial charge in [-0.15, -0.1) is 23.5 Å². The number of phenols is 3. The largest absolute Gasteiger partial charge is 0.504 e. The molecule has 2 unspecified atom stereocenters. The highest BCUT2D eigenvalue weighted by Gasteiger charge is 2.65. The molecule has 712 valence electrons. The third kappa shape index (κ3) is 16.8. The minimum atomic E-state index is -1.41. The summed E-state index contributed by atoms with van der Waals surface area (Å²) in [5, 5.41) is 71.5. The first-order chi connectivity index (χ1) is 62.1. The number of likely N-dealkylation sites (N-methyl/N-ethyl adjacent to an activating group) is 2. The molecule has 31 nitrogen and oxygen atoms in total. The monoisotopic (exact) mass is 1860 g/mol. The van der Waals surface area contributed by atoms with Crippen molar-refractivity contribution >= 4 is 59.3 Å². The van der Waals surface area contributed by atoms with Crippen LogP contribution in [0.2, 0.25) is 0 Å². The number of aromatic hydroxyl groups is 3. The molecule has 4 fully saturated rings. The lowest BCUT2D eigenvalue weighted by atomic mass is 9.71. The van der Waals surface area contributed by atoms with Crippen LogP contribution in [0.5, 0.6) is 80.5 Å². The molecule has 14 aliphatic heterocycles. The molecular formula is C99H126N8O23S2. The van der Waals surface area contributed by atoms with Gasteiger partial charge in [-0.3, -0.25) is 49.4 Å². The Hall–Kier alpha value is -10.6. The highest BCUT2D eigenvalue weighted by molar-refractivity contribution is 7.99. The quantitative estimate of drug-likeness (QED) is 0.0249. The van der Waals surface area contributed by atoms with Crippen LogP contribution in [-0.4, -0.2) is 206 Å². The van der Waals surface area contributed by atoms with E-state index in [4.69, 9.17) is 66.7 Å². The standard InChI is InChI=1S/C48H56N4O11S.C40H42N4O10S.C8H16O2.3CH4/c1-8-9-10-11-12-13-35(54)63-34-18-27-14-15-50-48(29(27)19-33(34)57-6)22-64-46-38-37(45-44(60-23-61-45)25(3)43(38)62-26(4)53)32(21-59-47(48)56)52-31(20-49)30-17-28-16-24(2)42(58-7)41(55)36(28)39(40(46)52)51(30)5;1-17-9-21-10-23-24(13-41)44-25-14-51-39(48)40(22-12-27(49-5)26(46)11-20(22)7-8-42-40)15-55-38(32(44)31(43(23)4)28(21)33(47)34(17)50-6)30-29(25)37-36(52-16-53-37)18(2)35(30)54-19(3)45;1-2-3-4-5-6-7-8(9)10;;;/h16,18-19,30-32,39-40,46,50,55H,8-15,17,21-23H2,1-7H3;9,11-12,23-25,31-32,38,42,46-47H,7-8,10,14-16H2,1-6H3;2-7H2,1H3,(H,9,10);3*1H4/t30-,31-,32-,39+,40?,46+,48+;23-,24-,25-,31+,32?,38+,40+;;;;/m00..../s1. The smallest absolute Gasteiger partial charge is 0.331 e. The average molecular weight is 1860 g/mol. The van der Waals surface area contributed by atoms with Gasteiger partial charge in [0.1, 0.15) is 36.8 Å². The summed E-state index contributed by atoms with van der Waals surface area (Å²) in [7, 11) is 10.0. The first-order valence-corrected chi connectivity index (χ1v) is 46.7. The molecule has 6 aromatic carbocycles. The normalized spacial score (nSPS) is 25.6. The predicted octanol–water partition coefficient (Wildman–Crippen LogP) is 14.9. The maximum atomic E-state index is 15.1. The molecule has 0 aromatic heterocycles. The maximum Gasteiger partial charge on any atom is 0.331 e. The molecular weight excluding hydrogens is 1730 g/mol. The van der Waals surface area contributed by atoms with Crippen LogP contribution in [0.15, 0.2) is 36.4 Å². The van der Waals surface area contributed by atoms with Crippen LogP contribution < -0.4 is 62.7 Å². The highest BCUT2D eigenvalue weighted by atomic mass is 32.2. The molecule has 6 N–H and O–H groups in total. The summed E-state index contributed by atoms with van der Waals surface area (Å²) in [5.74, 6) is 1.26. The average Bonchev–Trinajstić information content (AvgIpc) is 0.973. The number of carboxylic acids is 1. The number of hydrogen-bond acceptors (Lipinski definition) is 32. The van der Waals surface area contributed by atoms with Crippen molar-refractivity contribution in [2.24, 2.45) is 0 Å². The number of hydrogen-bond donors (Lipinski definition) is 6. The summed E-state index contributed by atoms with van der Waals surface area (Å²) in [6, 6.07) is 10.7. The summed E-state index contributed by atoms with van der Waals surface area (Å²) in [6.07, 6.45) is 13.2. The number of fused-ring (bicyclic) bond motifs is 18. The molecule has 0 amide bonds. The van der Waals surface area contributed by atoms with Gasteiger partial charge in [-0.1, -0.05) is 99.6 Å². The van der Waals surface area contributed by atoms with E-state index in [9.17, 15) is 49.8 Å². The van der Waals surface area contributed by atoms with Crippen molar-refractivity contribution in [1.29, 1.82) is 10.5 Å². The topological polar surface area (TPSA) is 388 Å². The van der Waals surface area contributed by atoms with Crippen molar-refractivity contribution in [1.82, 2.24) is 30.2 Å². The van der Waals surface area contributed by atoms with Gasteiger partial charge >= 0.3 is 35.8 Å². The first kappa shape index (κ1) is 98.9. The van der Waals surface area contributed by atoms with Crippen molar-refractivity contribution < 1.29 is 111 Å². The molecule has 0 saturated carbocycles. The number of nitriles is 2. The lowest BCUT2D eigenvalue weighted by molar-refractivity contribution is -0.158. The Morgan fingerprint density at radius 3 is 1.33 bits per heavy atom. The van der Waals surface area contributed by atoms with Crippen molar-refractivity contribution in [3.05, 3.63) is 125 Å². The highest BCUT2D eigenvalue weighted by Crippen LogP contribution is 2.68. The van der Waals surface area contributed by atoms with E-state index in [0.29, 0.717) is 158 Å². The minimum Gasteiger partial charge on any atom is -0.504 e. The number of aryl methyl sites for hydroxylation is 2. The van der Waals surface area contributed by atoms with Crippen LogP contribution in [-0.2, 0) is 75.0 Å². The van der Waals surface area contributed by atoms with E-state index in [1.165, 1.54) is 85.1 Å². The van der Waals surface area contributed by atoms with E-state index >= 15 is 4.79 Å².